The minimum Gasteiger partial charge on any atom is -0.491 e. The number of anilines is 2. The van der Waals surface area contributed by atoms with Gasteiger partial charge in [0.15, 0.2) is 0 Å². The normalized spacial score (nSPS) is 11.2. The molecule has 2 amide bonds. The average molecular weight is 368 g/mol. The number of ether oxygens (including phenoxy) is 1. The summed E-state index contributed by atoms with van der Waals surface area (Å²) >= 11 is 0. The Hall–Kier alpha value is -2.82. The van der Waals surface area contributed by atoms with Crippen molar-refractivity contribution >= 4 is 23.2 Å². The Labute approximate surface area is 161 Å². The fraction of sp³-hybridized carbons (Fsp3) is 0.364. The van der Waals surface area contributed by atoms with Gasteiger partial charge in [-0.2, -0.15) is 0 Å². The molecule has 5 nitrogen and oxygen atoms in total. The van der Waals surface area contributed by atoms with Crippen LogP contribution in [0.25, 0.3) is 0 Å². The van der Waals surface area contributed by atoms with Crippen molar-refractivity contribution in [3.05, 3.63) is 54.1 Å². The minimum absolute atomic E-state index is 0.0538. The van der Waals surface area contributed by atoms with Gasteiger partial charge in [0, 0.05) is 11.4 Å². The van der Waals surface area contributed by atoms with E-state index in [0.717, 1.165) is 5.75 Å². The fourth-order valence-electron chi connectivity index (χ4n) is 2.50. The van der Waals surface area contributed by atoms with Crippen LogP contribution in [0.2, 0.25) is 0 Å². The molecule has 0 atom stereocenters. The van der Waals surface area contributed by atoms with E-state index in [4.69, 9.17) is 4.74 Å². The first-order chi connectivity index (χ1) is 12.6. The summed E-state index contributed by atoms with van der Waals surface area (Å²) in [7, 11) is 0. The van der Waals surface area contributed by atoms with Crippen LogP contribution in [0.1, 0.15) is 46.6 Å². The first-order valence-electron chi connectivity index (χ1n) is 9.10. The summed E-state index contributed by atoms with van der Waals surface area (Å²) in [4.78, 5) is 24.1. The smallest absolute Gasteiger partial charge is 0.233 e. The topological polar surface area (TPSA) is 67.4 Å². The Bertz CT molecular complexity index is 773. The molecule has 0 aliphatic rings. The molecule has 0 saturated heterocycles. The predicted molar refractivity (Wildman–Crippen MR) is 109 cm³/mol. The van der Waals surface area contributed by atoms with Crippen molar-refractivity contribution < 1.29 is 14.3 Å². The van der Waals surface area contributed by atoms with E-state index >= 15 is 0 Å². The molecule has 0 fully saturated rings. The van der Waals surface area contributed by atoms with Gasteiger partial charge in [-0.05, 0) is 61.2 Å². The molecule has 0 heterocycles. The molecule has 0 saturated carbocycles. The number of hydrogen-bond acceptors (Lipinski definition) is 3. The molecule has 0 bridgehead atoms. The van der Waals surface area contributed by atoms with E-state index in [2.05, 4.69) is 31.4 Å². The van der Waals surface area contributed by atoms with Crippen molar-refractivity contribution in [2.24, 2.45) is 0 Å². The highest BCUT2D eigenvalue weighted by Crippen LogP contribution is 2.23. The number of nitrogens with one attached hydrogen (secondary N) is 2. The number of carbonyl (C=O) groups is 2. The highest BCUT2D eigenvalue weighted by atomic mass is 16.5. The van der Waals surface area contributed by atoms with Crippen LogP contribution in [0.15, 0.2) is 48.5 Å². The van der Waals surface area contributed by atoms with Crippen molar-refractivity contribution in [1.29, 1.82) is 0 Å². The molecule has 0 spiro atoms. The van der Waals surface area contributed by atoms with Crippen LogP contribution in [0.3, 0.4) is 0 Å². The van der Waals surface area contributed by atoms with Crippen LogP contribution < -0.4 is 15.4 Å². The second-order valence-corrected chi connectivity index (χ2v) is 7.79. The van der Waals surface area contributed by atoms with Crippen molar-refractivity contribution in [3.63, 3.8) is 0 Å². The molecule has 0 radical (unpaired) electrons. The molecule has 27 heavy (non-hydrogen) atoms. The standard InChI is InChI=1S/C22H28N2O3/c1-15(2)27-19-12-10-18(11-13-19)24-21(26)14-20(25)23-17-8-6-16(7-9-17)22(3,4)5/h6-13,15H,14H2,1-5H3,(H,23,25)(H,24,26). The van der Waals surface area contributed by atoms with Gasteiger partial charge in [0.05, 0.1) is 6.10 Å². The van der Waals surface area contributed by atoms with E-state index in [-0.39, 0.29) is 29.8 Å². The van der Waals surface area contributed by atoms with Crippen LogP contribution in [0.4, 0.5) is 11.4 Å². The molecule has 0 unspecified atom stereocenters. The summed E-state index contributed by atoms with van der Waals surface area (Å²) in [5.74, 6) is 0.0200. The van der Waals surface area contributed by atoms with Crippen LogP contribution >= 0.6 is 0 Å². The van der Waals surface area contributed by atoms with Crippen molar-refractivity contribution in [1.82, 2.24) is 0 Å². The molecule has 2 aromatic carbocycles. The second kappa shape index (κ2) is 8.71. The molecule has 2 rings (SSSR count). The summed E-state index contributed by atoms with van der Waals surface area (Å²) in [6.07, 6.45) is -0.155. The maximum Gasteiger partial charge on any atom is 0.233 e. The van der Waals surface area contributed by atoms with Crippen molar-refractivity contribution in [2.45, 2.75) is 52.6 Å². The fourth-order valence-corrected chi connectivity index (χ4v) is 2.50. The lowest BCUT2D eigenvalue weighted by molar-refractivity contribution is -0.123. The van der Waals surface area contributed by atoms with Crippen LogP contribution in [-0.2, 0) is 15.0 Å². The SMILES string of the molecule is CC(C)Oc1ccc(NC(=O)CC(=O)Nc2ccc(C(C)(C)C)cc2)cc1. The molecule has 0 aliphatic heterocycles. The molecule has 5 heteroatoms. The number of carbonyl (C=O) groups excluding carboxylic acids is 2. The van der Waals surface area contributed by atoms with Crippen LogP contribution in [-0.4, -0.2) is 17.9 Å². The summed E-state index contributed by atoms with van der Waals surface area (Å²) < 4.78 is 5.56. The number of amides is 2. The lowest BCUT2D eigenvalue weighted by atomic mass is 9.87. The zero-order chi connectivity index (χ0) is 20.0. The summed E-state index contributed by atoms with van der Waals surface area (Å²) in [6.45, 7) is 10.3. The van der Waals surface area contributed by atoms with Gasteiger partial charge in [0.1, 0.15) is 12.2 Å². The van der Waals surface area contributed by atoms with E-state index in [1.54, 1.807) is 24.3 Å². The largest absolute Gasteiger partial charge is 0.491 e. The Balaban J connectivity index is 1.85. The van der Waals surface area contributed by atoms with Gasteiger partial charge in [-0.15, -0.1) is 0 Å². The van der Waals surface area contributed by atoms with Gasteiger partial charge in [-0.1, -0.05) is 32.9 Å². The lowest BCUT2D eigenvalue weighted by Gasteiger charge is -2.19. The highest BCUT2D eigenvalue weighted by molar-refractivity contribution is 6.08. The van der Waals surface area contributed by atoms with Crippen LogP contribution in [0, 0.1) is 0 Å². The third-order valence-electron chi connectivity index (χ3n) is 3.87. The molecular weight excluding hydrogens is 340 g/mol. The molecular formula is C22H28N2O3. The molecule has 0 aromatic heterocycles. The quantitative estimate of drug-likeness (QED) is 0.724. The van der Waals surface area contributed by atoms with Gasteiger partial charge in [-0.3, -0.25) is 9.59 Å². The monoisotopic (exact) mass is 368 g/mol. The van der Waals surface area contributed by atoms with Gasteiger partial charge in [0.2, 0.25) is 11.8 Å². The maximum absolute atomic E-state index is 12.1. The highest BCUT2D eigenvalue weighted by Gasteiger charge is 2.14. The first kappa shape index (κ1) is 20.5. The predicted octanol–water partition coefficient (Wildman–Crippen LogP) is 4.74. The Morgan fingerprint density at radius 2 is 1.30 bits per heavy atom. The zero-order valence-corrected chi connectivity index (χ0v) is 16.6. The average Bonchev–Trinajstić information content (AvgIpc) is 2.55. The number of hydrogen-bond donors (Lipinski definition) is 2. The van der Waals surface area contributed by atoms with E-state index in [9.17, 15) is 9.59 Å². The summed E-state index contributed by atoms with van der Waals surface area (Å²) in [5, 5.41) is 5.46. The van der Waals surface area contributed by atoms with Crippen molar-refractivity contribution in [3.8, 4) is 5.75 Å². The van der Waals surface area contributed by atoms with Gasteiger partial charge >= 0.3 is 0 Å². The summed E-state index contributed by atoms with van der Waals surface area (Å²) in [6, 6.07) is 14.7. The maximum atomic E-state index is 12.1. The van der Waals surface area contributed by atoms with Gasteiger partial charge < -0.3 is 15.4 Å². The lowest BCUT2D eigenvalue weighted by Crippen LogP contribution is -2.21. The van der Waals surface area contributed by atoms with E-state index < -0.39 is 0 Å². The van der Waals surface area contributed by atoms with Gasteiger partial charge in [-0.25, -0.2) is 0 Å². The number of rotatable bonds is 6. The number of benzene rings is 2. The zero-order valence-electron chi connectivity index (χ0n) is 16.6. The van der Waals surface area contributed by atoms with E-state index in [0.29, 0.717) is 11.4 Å². The first-order valence-corrected chi connectivity index (χ1v) is 9.10. The van der Waals surface area contributed by atoms with Crippen LogP contribution in [0.5, 0.6) is 5.75 Å². The minimum atomic E-state index is -0.365. The molecule has 144 valence electrons. The molecule has 0 aliphatic carbocycles. The second-order valence-electron chi connectivity index (χ2n) is 7.79. The van der Waals surface area contributed by atoms with E-state index in [1.807, 2.05) is 38.1 Å². The Kier molecular flexibility index (Phi) is 6.61. The third-order valence-corrected chi connectivity index (χ3v) is 3.87. The summed E-state index contributed by atoms with van der Waals surface area (Å²) in [5.41, 5.74) is 2.54. The van der Waals surface area contributed by atoms with E-state index in [1.165, 1.54) is 5.56 Å². The molecule has 2 N–H and O–H groups in total. The molecule has 2 aromatic rings. The third kappa shape index (κ3) is 6.77. The Morgan fingerprint density at radius 1 is 0.852 bits per heavy atom. The van der Waals surface area contributed by atoms with Gasteiger partial charge in [0.25, 0.3) is 0 Å². The Morgan fingerprint density at radius 3 is 1.70 bits per heavy atom. The van der Waals surface area contributed by atoms with Crippen molar-refractivity contribution in [2.75, 3.05) is 10.6 Å².